The van der Waals surface area contributed by atoms with Gasteiger partial charge in [0.2, 0.25) is 0 Å². The van der Waals surface area contributed by atoms with Crippen molar-refractivity contribution in [2.24, 2.45) is 0 Å². The average Bonchev–Trinajstić information content (AvgIpc) is 2.86. The summed E-state index contributed by atoms with van der Waals surface area (Å²) < 4.78 is 39.5. The van der Waals surface area contributed by atoms with E-state index in [1.807, 2.05) is 38.1 Å². The maximum atomic E-state index is 13.5. The van der Waals surface area contributed by atoms with Gasteiger partial charge in [0.15, 0.2) is 6.10 Å². The number of benzene rings is 3. The second kappa shape index (κ2) is 9.77. The number of hydrogen-bond acceptors (Lipinski definition) is 5. The molecule has 178 valence electrons. The normalized spacial score (nSPS) is 16.2. The van der Waals surface area contributed by atoms with E-state index in [9.17, 15) is 13.2 Å². The van der Waals surface area contributed by atoms with Crippen LogP contribution in [0.3, 0.4) is 0 Å². The van der Waals surface area contributed by atoms with Crippen molar-refractivity contribution in [2.75, 3.05) is 18.0 Å². The molecule has 0 spiro atoms. The Balaban J connectivity index is 1.60. The molecule has 0 saturated carbocycles. The molecule has 1 aliphatic rings. The first-order valence-electron chi connectivity index (χ1n) is 11.1. The number of ether oxygens (including phenoxy) is 2. The van der Waals surface area contributed by atoms with Crippen LogP contribution in [0.5, 0.6) is 11.5 Å². The zero-order valence-corrected chi connectivity index (χ0v) is 20.2. The number of fused-ring (bicyclic) bond motifs is 1. The number of methoxy groups -OCH3 is 1. The number of nitrogens with zero attached hydrogens (tertiary/aromatic N) is 1. The van der Waals surface area contributed by atoms with Crippen LogP contribution in [-0.4, -0.2) is 34.1 Å². The lowest BCUT2D eigenvalue weighted by molar-refractivity contribution is -0.128. The highest BCUT2D eigenvalue weighted by atomic mass is 32.2. The Labute approximate surface area is 200 Å². The van der Waals surface area contributed by atoms with E-state index in [-0.39, 0.29) is 23.4 Å². The molecule has 0 radical (unpaired) electrons. The molecule has 1 amide bonds. The maximum absolute atomic E-state index is 13.5. The smallest absolute Gasteiger partial charge is 0.264 e. The Bertz CT molecular complexity index is 1260. The Morgan fingerprint density at radius 3 is 2.41 bits per heavy atom. The summed E-state index contributed by atoms with van der Waals surface area (Å²) >= 11 is 0. The van der Waals surface area contributed by atoms with Crippen molar-refractivity contribution in [3.8, 4) is 11.5 Å². The minimum Gasteiger partial charge on any atom is -0.497 e. The molecule has 7 nitrogen and oxygen atoms in total. The molecule has 2 atom stereocenters. The van der Waals surface area contributed by atoms with Crippen molar-refractivity contribution in [1.29, 1.82) is 0 Å². The number of aryl methyl sites for hydroxylation is 1. The third-order valence-corrected chi connectivity index (χ3v) is 7.67. The number of rotatable bonds is 7. The monoisotopic (exact) mass is 480 g/mol. The fourth-order valence-electron chi connectivity index (χ4n) is 3.93. The molecule has 1 aliphatic heterocycles. The number of carbonyl (C=O) groups is 1. The van der Waals surface area contributed by atoms with E-state index < -0.39 is 16.1 Å². The van der Waals surface area contributed by atoms with Crippen LogP contribution in [0.4, 0.5) is 5.69 Å². The van der Waals surface area contributed by atoms with Gasteiger partial charge in [0.25, 0.3) is 15.9 Å². The molecule has 0 bridgehead atoms. The number of anilines is 1. The van der Waals surface area contributed by atoms with Crippen molar-refractivity contribution in [3.05, 3.63) is 83.9 Å². The van der Waals surface area contributed by atoms with Crippen molar-refractivity contribution in [2.45, 2.75) is 37.3 Å². The molecule has 1 heterocycles. The Hall–Kier alpha value is -3.52. The van der Waals surface area contributed by atoms with Crippen LogP contribution in [-0.2, 0) is 14.8 Å². The van der Waals surface area contributed by atoms with Crippen LogP contribution < -0.4 is 19.1 Å². The summed E-state index contributed by atoms with van der Waals surface area (Å²) in [6, 6.07) is 20.8. The molecule has 0 fully saturated rings. The fraction of sp³-hybridized carbons (Fsp3) is 0.269. The fourth-order valence-corrected chi connectivity index (χ4v) is 5.40. The third kappa shape index (κ3) is 4.72. The van der Waals surface area contributed by atoms with E-state index in [0.29, 0.717) is 17.9 Å². The van der Waals surface area contributed by atoms with Gasteiger partial charge in [-0.1, -0.05) is 48.9 Å². The van der Waals surface area contributed by atoms with Gasteiger partial charge in [-0.25, -0.2) is 8.42 Å². The first kappa shape index (κ1) is 23.6. The molecule has 4 rings (SSSR count). The van der Waals surface area contributed by atoms with Crippen LogP contribution in [0, 0.1) is 6.92 Å². The molecule has 3 aromatic rings. The van der Waals surface area contributed by atoms with Crippen LogP contribution in [0.15, 0.2) is 77.7 Å². The van der Waals surface area contributed by atoms with Gasteiger partial charge >= 0.3 is 0 Å². The molecule has 8 heteroatoms. The van der Waals surface area contributed by atoms with Crippen molar-refractivity contribution < 1.29 is 22.7 Å². The van der Waals surface area contributed by atoms with Crippen LogP contribution in [0.2, 0.25) is 0 Å². The minimum absolute atomic E-state index is 0.127. The number of amides is 1. The van der Waals surface area contributed by atoms with Gasteiger partial charge in [-0.05, 0) is 55.3 Å². The summed E-state index contributed by atoms with van der Waals surface area (Å²) in [4.78, 5) is 13.4. The SMILES string of the molecule is CCC(NC(=O)C1CN(S(=O)(=O)c2ccc(C)cc2)c2ccccc2O1)c1ccc(OC)cc1. The van der Waals surface area contributed by atoms with E-state index in [4.69, 9.17) is 9.47 Å². The highest BCUT2D eigenvalue weighted by molar-refractivity contribution is 7.92. The molecular weight excluding hydrogens is 452 g/mol. The summed E-state index contributed by atoms with van der Waals surface area (Å²) in [5.74, 6) is 0.706. The van der Waals surface area contributed by atoms with Gasteiger partial charge in [0, 0.05) is 0 Å². The molecule has 3 aromatic carbocycles. The second-order valence-corrected chi connectivity index (χ2v) is 10.0. The zero-order valence-electron chi connectivity index (χ0n) is 19.4. The second-order valence-electron chi connectivity index (χ2n) is 8.17. The number of hydrogen-bond donors (Lipinski definition) is 1. The molecule has 34 heavy (non-hydrogen) atoms. The van der Waals surface area contributed by atoms with Gasteiger partial charge in [-0.3, -0.25) is 9.10 Å². The Morgan fingerprint density at radius 1 is 1.09 bits per heavy atom. The van der Waals surface area contributed by atoms with Crippen LogP contribution in [0.1, 0.15) is 30.5 Å². The van der Waals surface area contributed by atoms with Gasteiger partial charge < -0.3 is 14.8 Å². The third-order valence-electron chi connectivity index (χ3n) is 5.88. The lowest BCUT2D eigenvalue weighted by atomic mass is 10.0. The van der Waals surface area contributed by atoms with Crippen molar-refractivity contribution >= 4 is 21.6 Å². The molecule has 2 unspecified atom stereocenters. The molecule has 0 aliphatic carbocycles. The molecule has 1 N–H and O–H groups in total. The summed E-state index contributed by atoms with van der Waals surface area (Å²) in [5, 5.41) is 3.01. The minimum atomic E-state index is -3.89. The van der Waals surface area contributed by atoms with E-state index in [1.165, 1.54) is 4.31 Å². The van der Waals surface area contributed by atoms with Gasteiger partial charge in [0.1, 0.15) is 11.5 Å². The lowest BCUT2D eigenvalue weighted by Gasteiger charge is -2.35. The quantitative estimate of drug-likeness (QED) is 0.547. The van der Waals surface area contributed by atoms with E-state index >= 15 is 0 Å². The Morgan fingerprint density at radius 2 is 1.76 bits per heavy atom. The van der Waals surface area contributed by atoms with E-state index in [1.54, 1.807) is 55.6 Å². The average molecular weight is 481 g/mol. The molecular formula is C26H28N2O5S. The number of para-hydroxylation sites is 2. The number of nitrogens with one attached hydrogen (secondary N) is 1. The molecule has 0 saturated heterocycles. The number of carbonyl (C=O) groups excluding carboxylic acids is 1. The van der Waals surface area contributed by atoms with E-state index in [0.717, 1.165) is 16.9 Å². The van der Waals surface area contributed by atoms with Crippen molar-refractivity contribution in [3.63, 3.8) is 0 Å². The van der Waals surface area contributed by atoms with Crippen LogP contribution in [0.25, 0.3) is 0 Å². The van der Waals surface area contributed by atoms with Gasteiger partial charge in [-0.2, -0.15) is 0 Å². The first-order chi connectivity index (χ1) is 16.3. The molecule has 0 aromatic heterocycles. The van der Waals surface area contributed by atoms with Crippen molar-refractivity contribution in [1.82, 2.24) is 5.32 Å². The topological polar surface area (TPSA) is 84.9 Å². The summed E-state index contributed by atoms with van der Waals surface area (Å²) in [7, 11) is -2.29. The summed E-state index contributed by atoms with van der Waals surface area (Å²) in [6.07, 6.45) is -0.338. The highest BCUT2D eigenvalue weighted by Crippen LogP contribution is 2.37. The van der Waals surface area contributed by atoms with E-state index in [2.05, 4.69) is 5.32 Å². The Kier molecular flexibility index (Phi) is 6.79. The predicted octanol–water partition coefficient (Wildman–Crippen LogP) is 4.23. The van der Waals surface area contributed by atoms with Gasteiger partial charge in [-0.15, -0.1) is 0 Å². The lowest BCUT2D eigenvalue weighted by Crippen LogP contribution is -2.51. The maximum Gasteiger partial charge on any atom is 0.264 e. The summed E-state index contributed by atoms with van der Waals surface area (Å²) in [5.41, 5.74) is 2.30. The zero-order chi connectivity index (χ0) is 24.3. The van der Waals surface area contributed by atoms with Crippen LogP contribution >= 0.6 is 0 Å². The predicted molar refractivity (Wildman–Crippen MR) is 131 cm³/mol. The largest absolute Gasteiger partial charge is 0.497 e. The highest BCUT2D eigenvalue weighted by Gasteiger charge is 2.38. The number of sulfonamides is 1. The first-order valence-corrected chi connectivity index (χ1v) is 12.6. The summed E-state index contributed by atoms with van der Waals surface area (Å²) in [6.45, 7) is 3.74. The van der Waals surface area contributed by atoms with Gasteiger partial charge in [0.05, 0.1) is 30.3 Å². The standard InChI is InChI=1S/C26H28N2O5S/c1-4-22(19-11-13-20(32-3)14-12-19)27-26(29)25-17-28(23-7-5-6-8-24(23)33-25)34(30,31)21-15-9-18(2)10-16-21/h5-16,22,25H,4,17H2,1-3H3,(H,27,29).